The smallest absolute Gasteiger partial charge is 0.306 e. The number of carbonyl (C=O) groups excluding carboxylic acids is 1. The zero-order valence-electron chi connectivity index (χ0n) is 16.2. The summed E-state index contributed by atoms with van der Waals surface area (Å²) >= 11 is 0. The number of nitrogens with zero attached hydrogens (tertiary/aromatic N) is 2. The number of esters is 1. The van der Waals surface area contributed by atoms with Crippen molar-refractivity contribution in [1.29, 1.82) is 0 Å². The first-order valence-electron chi connectivity index (χ1n) is 9.20. The average Bonchev–Trinajstić information content (AvgIpc) is 2.69. The molecule has 1 unspecified atom stereocenters. The second-order valence-corrected chi connectivity index (χ2v) is 6.57. The highest BCUT2D eigenvalue weighted by atomic mass is 16.6. The number of carbonyl (C=O) groups is 1. The molecule has 0 N–H and O–H groups in total. The summed E-state index contributed by atoms with van der Waals surface area (Å²) in [6.45, 7) is 4.29. The number of methoxy groups -OCH3 is 2. The van der Waals surface area contributed by atoms with Crippen molar-refractivity contribution in [2.24, 2.45) is 0 Å². The monoisotopic (exact) mass is 380 g/mol. The van der Waals surface area contributed by atoms with E-state index in [1.165, 1.54) is 14.2 Å². The molecule has 1 fully saturated rings. The molecule has 2 rings (SSSR count). The van der Waals surface area contributed by atoms with Gasteiger partial charge in [0.25, 0.3) is 5.69 Å². The van der Waals surface area contributed by atoms with Crippen molar-refractivity contribution in [2.75, 3.05) is 45.5 Å². The Kier molecular flexibility index (Phi) is 7.99. The summed E-state index contributed by atoms with van der Waals surface area (Å²) in [5.74, 6) is -0.672. The van der Waals surface area contributed by atoms with Gasteiger partial charge in [-0.3, -0.25) is 14.9 Å². The van der Waals surface area contributed by atoms with E-state index in [-0.39, 0.29) is 41.6 Å². The molecule has 1 atom stereocenters. The first kappa shape index (κ1) is 21.1. The lowest BCUT2D eigenvalue weighted by molar-refractivity contribution is -0.384. The molecule has 0 saturated carbocycles. The van der Waals surface area contributed by atoms with Crippen LogP contribution < -0.4 is 4.90 Å². The third-order valence-electron chi connectivity index (χ3n) is 4.96. The molecule has 1 aliphatic rings. The minimum absolute atomic E-state index is 0.0480. The predicted octanol–water partition coefficient (Wildman–Crippen LogP) is 2.89. The van der Waals surface area contributed by atoms with Crippen molar-refractivity contribution in [3.05, 3.63) is 33.9 Å². The van der Waals surface area contributed by atoms with Crippen LogP contribution in [0.25, 0.3) is 0 Å². The van der Waals surface area contributed by atoms with E-state index in [0.717, 1.165) is 12.8 Å². The van der Waals surface area contributed by atoms with Crippen LogP contribution >= 0.6 is 0 Å². The fourth-order valence-corrected chi connectivity index (χ4v) is 3.56. The van der Waals surface area contributed by atoms with Gasteiger partial charge < -0.3 is 19.1 Å². The molecule has 0 bridgehead atoms. The van der Waals surface area contributed by atoms with Crippen LogP contribution in [0.15, 0.2) is 18.2 Å². The second-order valence-electron chi connectivity index (χ2n) is 6.57. The summed E-state index contributed by atoms with van der Waals surface area (Å²) in [6, 6.07) is 5.41. The summed E-state index contributed by atoms with van der Waals surface area (Å²) in [6.07, 6.45) is 1.81. The number of nitro benzene ring substituents is 1. The summed E-state index contributed by atoms with van der Waals surface area (Å²) in [4.78, 5) is 25.2. The molecule has 8 nitrogen and oxygen atoms in total. The molecule has 1 aliphatic heterocycles. The molecule has 0 spiro atoms. The van der Waals surface area contributed by atoms with Gasteiger partial charge in [0.05, 0.1) is 25.1 Å². The topological polar surface area (TPSA) is 91.1 Å². The molecular formula is C19H28N2O6. The first-order chi connectivity index (χ1) is 13.0. The van der Waals surface area contributed by atoms with E-state index in [1.54, 1.807) is 12.1 Å². The minimum atomic E-state index is -0.374. The highest BCUT2D eigenvalue weighted by Gasteiger charge is 2.28. The van der Waals surface area contributed by atoms with Gasteiger partial charge in [-0.05, 0) is 31.4 Å². The van der Waals surface area contributed by atoms with Crippen LogP contribution in [0.3, 0.4) is 0 Å². The van der Waals surface area contributed by atoms with Crippen molar-refractivity contribution in [2.45, 2.75) is 38.1 Å². The van der Waals surface area contributed by atoms with Crippen molar-refractivity contribution < 1.29 is 23.9 Å². The normalized spacial score (nSPS) is 16.0. The number of benzene rings is 1. The molecule has 8 heteroatoms. The maximum Gasteiger partial charge on any atom is 0.306 e. The second kappa shape index (κ2) is 10.2. The number of hydrogen-bond acceptors (Lipinski definition) is 7. The first-order valence-corrected chi connectivity index (χ1v) is 9.20. The van der Waals surface area contributed by atoms with Crippen LogP contribution in [0, 0.1) is 10.1 Å². The van der Waals surface area contributed by atoms with Gasteiger partial charge in [0, 0.05) is 44.9 Å². The standard InChI is InChI=1S/C19H28N2O6/c1-4-20(16-7-9-27-10-8-16)17-6-5-14(11-18(17)21(23)24)15(13-25-2)12-19(22)26-3/h5-6,11,15-16H,4,7-10,12-13H2,1-3H3. The predicted molar refractivity (Wildman–Crippen MR) is 101 cm³/mol. The lowest BCUT2D eigenvalue weighted by Crippen LogP contribution is -2.39. The Bertz CT molecular complexity index is 645. The summed E-state index contributed by atoms with van der Waals surface area (Å²) < 4.78 is 15.3. The van der Waals surface area contributed by atoms with Crippen LogP contribution in [-0.2, 0) is 19.0 Å². The third kappa shape index (κ3) is 5.40. The zero-order chi connectivity index (χ0) is 19.8. The molecule has 0 aromatic heterocycles. The Hall–Kier alpha value is -2.19. The van der Waals surface area contributed by atoms with E-state index in [2.05, 4.69) is 4.90 Å². The number of nitro groups is 1. The highest BCUT2D eigenvalue weighted by molar-refractivity contribution is 5.71. The largest absolute Gasteiger partial charge is 0.469 e. The van der Waals surface area contributed by atoms with Gasteiger partial charge in [0.15, 0.2) is 0 Å². The lowest BCUT2D eigenvalue weighted by Gasteiger charge is -2.35. The van der Waals surface area contributed by atoms with Crippen molar-refractivity contribution in [3.8, 4) is 0 Å². The van der Waals surface area contributed by atoms with E-state index in [9.17, 15) is 14.9 Å². The van der Waals surface area contributed by atoms with Crippen molar-refractivity contribution in [1.82, 2.24) is 0 Å². The Labute approximate surface area is 159 Å². The molecule has 1 saturated heterocycles. The quantitative estimate of drug-likeness (QED) is 0.369. The average molecular weight is 380 g/mol. The molecule has 1 aromatic carbocycles. The van der Waals surface area contributed by atoms with E-state index >= 15 is 0 Å². The van der Waals surface area contributed by atoms with Gasteiger partial charge in [0.1, 0.15) is 5.69 Å². The van der Waals surface area contributed by atoms with Gasteiger partial charge in [-0.2, -0.15) is 0 Å². The van der Waals surface area contributed by atoms with Crippen LogP contribution in [0.2, 0.25) is 0 Å². The zero-order valence-corrected chi connectivity index (χ0v) is 16.2. The maximum atomic E-state index is 11.8. The van der Waals surface area contributed by atoms with Crippen LogP contribution in [0.1, 0.15) is 37.7 Å². The van der Waals surface area contributed by atoms with E-state index in [4.69, 9.17) is 14.2 Å². The van der Waals surface area contributed by atoms with Gasteiger partial charge in [-0.25, -0.2) is 0 Å². The van der Waals surface area contributed by atoms with E-state index < -0.39 is 0 Å². The Morgan fingerprint density at radius 1 is 1.37 bits per heavy atom. The minimum Gasteiger partial charge on any atom is -0.469 e. The van der Waals surface area contributed by atoms with Crippen molar-refractivity contribution >= 4 is 17.3 Å². The maximum absolute atomic E-state index is 11.8. The lowest BCUT2D eigenvalue weighted by atomic mass is 9.95. The van der Waals surface area contributed by atoms with Crippen LogP contribution in [-0.4, -0.2) is 57.5 Å². The molecule has 27 heavy (non-hydrogen) atoms. The van der Waals surface area contributed by atoms with Gasteiger partial charge in [-0.15, -0.1) is 0 Å². The molecule has 1 aromatic rings. The molecule has 0 amide bonds. The van der Waals surface area contributed by atoms with Crippen molar-refractivity contribution in [3.63, 3.8) is 0 Å². The Morgan fingerprint density at radius 2 is 2.07 bits per heavy atom. The van der Waals surface area contributed by atoms with Crippen LogP contribution in [0.5, 0.6) is 0 Å². The van der Waals surface area contributed by atoms with Crippen LogP contribution in [0.4, 0.5) is 11.4 Å². The SMILES string of the molecule is CCN(c1ccc(C(COC)CC(=O)OC)cc1[N+](=O)[O-])C1CCOCC1. The fourth-order valence-electron chi connectivity index (χ4n) is 3.56. The molecule has 150 valence electrons. The van der Waals surface area contributed by atoms with Gasteiger partial charge in [-0.1, -0.05) is 6.07 Å². The summed E-state index contributed by atoms with van der Waals surface area (Å²) in [5.41, 5.74) is 1.35. The summed E-state index contributed by atoms with van der Waals surface area (Å²) in [5, 5.41) is 11.8. The summed E-state index contributed by atoms with van der Waals surface area (Å²) in [7, 11) is 2.86. The van der Waals surface area contributed by atoms with Gasteiger partial charge >= 0.3 is 5.97 Å². The number of ether oxygens (including phenoxy) is 3. The van der Waals surface area contributed by atoms with E-state index in [0.29, 0.717) is 31.0 Å². The third-order valence-corrected chi connectivity index (χ3v) is 4.96. The Morgan fingerprint density at radius 3 is 2.63 bits per heavy atom. The van der Waals surface area contributed by atoms with Gasteiger partial charge in [0.2, 0.25) is 0 Å². The fraction of sp³-hybridized carbons (Fsp3) is 0.632. The molecule has 1 heterocycles. The Balaban J connectivity index is 2.36. The number of hydrogen-bond donors (Lipinski definition) is 0. The molecule has 0 radical (unpaired) electrons. The number of anilines is 1. The number of rotatable bonds is 9. The molecule has 0 aliphatic carbocycles. The van der Waals surface area contributed by atoms with E-state index in [1.807, 2.05) is 13.0 Å². The highest BCUT2D eigenvalue weighted by Crippen LogP contribution is 2.35. The molecular weight excluding hydrogens is 352 g/mol.